The minimum atomic E-state index is -0.394. The lowest BCUT2D eigenvalue weighted by atomic mass is 10.1. The predicted molar refractivity (Wildman–Crippen MR) is 67.8 cm³/mol. The highest BCUT2D eigenvalue weighted by atomic mass is 16.5. The van der Waals surface area contributed by atoms with Gasteiger partial charge in [0, 0.05) is 18.7 Å². The van der Waals surface area contributed by atoms with Crippen molar-refractivity contribution in [2.45, 2.75) is 26.5 Å². The summed E-state index contributed by atoms with van der Waals surface area (Å²) in [6.45, 7) is 6.21. The number of carbonyl (C=O) groups excluding carboxylic acids is 1. The number of amides is 1. The van der Waals surface area contributed by atoms with Gasteiger partial charge >= 0.3 is 0 Å². The van der Waals surface area contributed by atoms with Crippen LogP contribution in [0.1, 0.15) is 29.8 Å². The van der Waals surface area contributed by atoms with Gasteiger partial charge in [0.05, 0.1) is 12.7 Å². The van der Waals surface area contributed by atoms with Crippen LogP contribution < -0.4 is 11.1 Å². The summed E-state index contributed by atoms with van der Waals surface area (Å²) in [4.78, 5) is 11.0. The van der Waals surface area contributed by atoms with E-state index in [1.807, 2.05) is 26.0 Å². The molecule has 0 atom stereocenters. The van der Waals surface area contributed by atoms with E-state index < -0.39 is 5.91 Å². The zero-order chi connectivity index (χ0) is 12.7. The molecule has 0 bridgehead atoms. The fourth-order valence-electron chi connectivity index (χ4n) is 1.43. The number of nitrogens with two attached hydrogens (primary N) is 1. The summed E-state index contributed by atoms with van der Waals surface area (Å²) in [7, 11) is 0. The van der Waals surface area contributed by atoms with Crippen molar-refractivity contribution in [3.63, 3.8) is 0 Å². The number of ether oxygens (including phenoxy) is 1. The molecular formula is C13H20N2O2. The minimum absolute atomic E-state index is 0.259. The van der Waals surface area contributed by atoms with Gasteiger partial charge in [0.2, 0.25) is 5.91 Å². The molecule has 0 saturated carbocycles. The van der Waals surface area contributed by atoms with Gasteiger partial charge in [-0.1, -0.05) is 12.1 Å². The molecule has 1 aromatic rings. The number of primary amides is 1. The Labute approximate surface area is 102 Å². The summed E-state index contributed by atoms with van der Waals surface area (Å²) >= 11 is 0. The largest absolute Gasteiger partial charge is 0.377 e. The number of benzene rings is 1. The molecule has 0 heterocycles. The molecule has 0 fully saturated rings. The normalized spacial score (nSPS) is 10.8. The second kappa shape index (κ2) is 7.04. The fraction of sp³-hybridized carbons (Fsp3) is 0.462. The van der Waals surface area contributed by atoms with E-state index in [-0.39, 0.29) is 6.10 Å². The number of rotatable bonds is 7. The van der Waals surface area contributed by atoms with Crippen LogP contribution in [0, 0.1) is 0 Å². The number of hydrogen-bond donors (Lipinski definition) is 2. The summed E-state index contributed by atoms with van der Waals surface area (Å²) in [5.74, 6) is -0.394. The van der Waals surface area contributed by atoms with E-state index in [1.54, 1.807) is 12.1 Å². The summed E-state index contributed by atoms with van der Waals surface area (Å²) in [5, 5.41) is 3.25. The van der Waals surface area contributed by atoms with E-state index in [1.165, 1.54) is 0 Å². The van der Waals surface area contributed by atoms with Gasteiger partial charge in [-0.05, 0) is 31.5 Å². The van der Waals surface area contributed by atoms with Gasteiger partial charge < -0.3 is 15.8 Å². The molecule has 1 rings (SSSR count). The Morgan fingerprint density at radius 3 is 2.88 bits per heavy atom. The molecule has 0 saturated heterocycles. The van der Waals surface area contributed by atoms with Crippen LogP contribution in [0.2, 0.25) is 0 Å². The first-order valence-electron chi connectivity index (χ1n) is 5.80. The van der Waals surface area contributed by atoms with Gasteiger partial charge in [-0.3, -0.25) is 4.79 Å². The summed E-state index contributed by atoms with van der Waals surface area (Å²) in [5.41, 5.74) is 6.80. The molecule has 1 amide bonds. The van der Waals surface area contributed by atoms with Crippen LogP contribution in [-0.2, 0) is 11.3 Å². The SMILES string of the molecule is CC(C)OCCNCc1cccc(C(N)=O)c1. The third kappa shape index (κ3) is 5.47. The number of carbonyl (C=O) groups is 1. The van der Waals surface area contributed by atoms with Crippen LogP contribution >= 0.6 is 0 Å². The maximum absolute atomic E-state index is 11.0. The van der Waals surface area contributed by atoms with E-state index in [4.69, 9.17) is 10.5 Å². The van der Waals surface area contributed by atoms with Crippen LogP contribution in [0.4, 0.5) is 0 Å². The molecule has 0 aliphatic heterocycles. The van der Waals surface area contributed by atoms with Crippen LogP contribution in [0.3, 0.4) is 0 Å². The Morgan fingerprint density at radius 1 is 1.47 bits per heavy atom. The lowest BCUT2D eigenvalue weighted by Gasteiger charge is -2.09. The first-order valence-corrected chi connectivity index (χ1v) is 5.80. The van der Waals surface area contributed by atoms with Crippen molar-refractivity contribution < 1.29 is 9.53 Å². The highest BCUT2D eigenvalue weighted by Gasteiger charge is 2.00. The Hall–Kier alpha value is -1.39. The molecule has 0 aliphatic carbocycles. The highest BCUT2D eigenvalue weighted by Crippen LogP contribution is 2.04. The summed E-state index contributed by atoms with van der Waals surface area (Å²) < 4.78 is 5.41. The first-order chi connectivity index (χ1) is 8.09. The Morgan fingerprint density at radius 2 is 2.24 bits per heavy atom. The number of hydrogen-bond acceptors (Lipinski definition) is 3. The molecule has 17 heavy (non-hydrogen) atoms. The van der Waals surface area contributed by atoms with Crippen LogP contribution in [-0.4, -0.2) is 25.2 Å². The van der Waals surface area contributed by atoms with Gasteiger partial charge in [-0.25, -0.2) is 0 Å². The molecule has 4 nitrogen and oxygen atoms in total. The van der Waals surface area contributed by atoms with E-state index in [0.29, 0.717) is 18.7 Å². The maximum Gasteiger partial charge on any atom is 0.248 e. The minimum Gasteiger partial charge on any atom is -0.377 e. The van der Waals surface area contributed by atoms with E-state index in [2.05, 4.69) is 5.32 Å². The van der Waals surface area contributed by atoms with Crippen molar-refractivity contribution in [2.75, 3.05) is 13.2 Å². The average molecular weight is 236 g/mol. The van der Waals surface area contributed by atoms with Crippen molar-refractivity contribution in [1.82, 2.24) is 5.32 Å². The van der Waals surface area contributed by atoms with Crippen molar-refractivity contribution in [1.29, 1.82) is 0 Å². The predicted octanol–water partition coefficient (Wildman–Crippen LogP) is 1.30. The molecule has 1 aromatic carbocycles. The van der Waals surface area contributed by atoms with E-state index >= 15 is 0 Å². The standard InChI is InChI=1S/C13H20N2O2/c1-10(2)17-7-6-15-9-11-4-3-5-12(8-11)13(14)16/h3-5,8,10,15H,6-7,9H2,1-2H3,(H2,14,16). The zero-order valence-corrected chi connectivity index (χ0v) is 10.4. The Balaban J connectivity index is 2.31. The summed E-state index contributed by atoms with van der Waals surface area (Å²) in [6, 6.07) is 7.32. The number of nitrogens with one attached hydrogen (secondary N) is 1. The fourth-order valence-corrected chi connectivity index (χ4v) is 1.43. The van der Waals surface area contributed by atoms with Gasteiger partial charge in [-0.15, -0.1) is 0 Å². The van der Waals surface area contributed by atoms with Crippen LogP contribution in [0.5, 0.6) is 0 Å². The zero-order valence-electron chi connectivity index (χ0n) is 10.4. The first kappa shape index (κ1) is 13.7. The molecule has 0 spiro atoms. The van der Waals surface area contributed by atoms with Crippen molar-refractivity contribution >= 4 is 5.91 Å². The van der Waals surface area contributed by atoms with Gasteiger partial charge in [0.25, 0.3) is 0 Å². The molecule has 94 valence electrons. The molecule has 0 aliphatic rings. The third-order valence-corrected chi connectivity index (χ3v) is 2.27. The molecule has 3 N–H and O–H groups in total. The van der Waals surface area contributed by atoms with Crippen LogP contribution in [0.15, 0.2) is 24.3 Å². The lowest BCUT2D eigenvalue weighted by molar-refractivity contribution is 0.0807. The molecule has 0 unspecified atom stereocenters. The second-order valence-corrected chi connectivity index (χ2v) is 4.16. The third-order valence-electron chi connectivity index (χ3n) is 2.27. The quantitative estimate of drug-likeness (QED) is 0.701. The second-order valence-electron chi connectivity index (χ2n) is 4.16. The smallest absolute Gasteiger partial charge is 0.248 e. The van der Waals surface area contributed by atoms with Gasteiger partial charge in [-0.2, -0.15) is 0 Å². The van der Waals surface area contributed by atoms with E-state index in [9.17, 15) is 4.79 Å². The monoisotopic (exact) mass is 236 g/mol. The van der Waals surface area contributed by atoms with Gasteiger partial charge in [0.1, 0.15) is 0 Å². The summed E-state index contributed by atoms with van der Waals surface area (Å²) in [6.07, 6.45) is 0.259. The lowest BCUT2D eigenvalue weighted by Crippen LogP contribution is -2.21. The van der Waals surface area contributed by atoms with Crippen LogP contribution in [0.25, 0.3) is 0 Å². The highest BCUT2D eigenvalue weighted by molar-refractivity contribution is 5.92. The molecule has 4 heteroatoms. The topological polar surface area (TPSA) is 64.3 Å². The molecule has 0 aromatic heterocycles. The van der Waals surface area contributed by atoms with E-state index in [0.717, 1.165) is 12.1 Å². The maximum atomic E-state index is 11.0. The Kier molecular flexibility index (Phi) is 5.66. The Bertz CT molecular complexity index is 364. The average Bonchev–Trinajstić information content (AvgIpc) is 2.28. The van der Waals surface area contributed by atoms with Crippen molar-refractivity contribution in [2.24, 2.45) is 5.73 Å². The van der Waals surface area contributed by atoms with Gasteiger partial charge in [0.15, 0.2) is 0 Å². The molecule has 0 radical (unpaired) electrons. The van der Waals surface area contributed by atoms with Crippen molar-refractivity contribution in [3.05, 3.63) is 35.4 Å². The van der Waals surface area contributed by atoms with Crippen molar-refractivity contribution in [3.8, 4) is 0 Å². The molecular weight excluding hydrogens is 216 g/mol.